The van der Waals surface area contributed by atoms with Crippen molar-refractivity contribution in [3.63, 3.8) is 0 Å². The Balaban J connectivity index is 1.36. The first-order valence-corrected chi connectivity index (χ1v) is 11.7. The Morgan fingerprint density at radius 2 is 1.97 bits per heavy atom. The van der Waals surface area contributed by atoms with Crippen molar-refractivity contribution in [2.75, 3.05) is 17.7 Å². The summed E-state index contributed by atoms with van der Waals surface area (Å²) in [6.45, 7) is 3.35. The number of carbonyl (C=O) groups is 1. The highest BCUT2D eigenvalue weighted by Crippen LogP contribution is 2.27. The number of amidine groups is 1. The van der Waals surface area contributed by atoms with E-state index < -0.39 is 11.7 Å². The fourth-order valence-corrected chi connectivity index (χ4v) is 4.23. The summed E-state index contributed by atoms with van der Waals surface area (Å²) in [7, 11) is 1.66. The van der Waals surface area contributed by atoms with E-state index in [9.17, 15) is 9.18 Å². The fourth-order valence-electron chi connectivity index (χ4n) is 4.23. The monoisotopic (exact) mass is 491 g/mol. The highest BCUT2D eigenvalue weighted by atomic mass is 19.1. The summed E-state index contributed by atoms with van der Waals surface area (Å²) in [5, 5.41) is 5.87. The van der Waals surface area contributed by atoms with Crippen molar-refractivity contribution in [1.29, 1.82) is 0 Å². The van der Waals surface area contributed by atoms with E-state index in [1.165, 1.54) is 18.2 Å². The van der Waals surface area contributed by atoms with Crippen LogP contribution >= 0.6 is 0 Å². The van der Waals surface area contributed by atoms with E-state index in [0.29, 0.717) is 40.5 Å². The molecule has 36 heavy (non-hydrogen) atoms. The number of oxazole rings is 1. The summed E-state index contributed by atoms with van der Waals surface area (Å²) in [6.07, 6.45) is 9.59. The van der Waals surface area contributed by atoms with Crippen LogP contribution in [0.25, 0.3) is 17.0 Å². The number of ether oxygens (including phenoxy) is 1. The third-order valence-electron chi connectivity index (χ3n) is 5.95. The molecule has 1 saturated carbocycles. The summed E-state index contributed by atoms with van der Waals surface area (Å²) >= 11 is 0. The van der Waals surface area contributed by atoms with Crippen LogP contribution in [0.3, 0.4) is 0 Å². The number of fused-ring (bicyclic) bond motifs is 1. The van der Waals surface area contributed by atoms with Gasteiger partial charge in [-0.2, -0.15) is 0 Å². The maximum atomic E-state index is 14.7. The number of amides is 1. The van der Waals surface area contributed by atoms with Gasteiger partial charge >= 0.3 is 0 Å². The Kier molecular flexibility index (Phi) is 6.36. The summed E-state index contributed by atoms with van der Waals surface area (Å²) in [5.41, 5.74) is 2.12. The Bertz CT molecular complexity index is 1450. The normalized spacial score (nSPS) is 14.4. The van der Waals surface area contributed by atoms with E-state index in [0.717, 1.165) is 25.7 Å². The van der Waals surface area contributed by atoms with Crippen LogP contribution in [-0.4, -0.2) is 44.4 Å². The molecule has 1 aliphatic carbocycles. The van der Waals surface area contributed by atoms with Crippen molar-refractivity contribution in [1.82, 2.24) is 19.4 Å². The van der Waals surface area contributed by atoms with Crippen molar-refractivity contribution in [3.05, 3.63) is 60.0 Å². The number of aryl methyl sites for hydroxylation is 2. The molecule has 1 amide bonds. The van der Waals surface area contributed by atoms with Crippen LogP contribution in [0.5, 0.6) is 0 Å². The van der Waals surface area contributed by atoms with E-state index in [2.05, 4.69) is 30.6 Å². The molecular weight excluding hydrogens is 465 g/mol. The smallest absolute Gasteiger partial charge is 0.293 e. The molecule has 0 saturated heterocycles. The standard InChI is InChI=1S/C25H26FN7O3/c1-14-22(35-15(2)29-14)23(34)30-16-8-9-20(26)19(10-16)21-13-33-12-17(11-28-24(33)32-21)31-25(27-3)36-18-6-4-5-7-18/h8-13,18H,4-7H2,1-3H3,(H,27,31)(H,30,34). The number of rotatable bonds is 5. The molecule has 1 aliphatic rings. The van der Waals surface area contributed by atoms with Gasteiger partial charge in [0.1, 0.15) is 11.9 Å². The zero-order valence-electron chi connectivity index (χ0n) is 20.2. The molecular formula is C25H26FN7O3. The van der Waals surface area contributed by atoms with E-state index >= 15 is 0 Å². The maximum absolute atomic E-state index is 14.7. The molecule has 1 aromatic carbocycles. The van der Waals surface area contributed by atoms with Gasteiger partial charge < -0.3 is 19.8 Å². The second kappa shape index (κ2) is 9.76. The van der Waals surface area contributed by atoms with Crippen molar-refractivity contribution < 1.29 is 18.3 Å². The van der Waals surface area contributed by atoms with Crippen molar-refractivity contribution in [2.45, 2.75) is 45.6 Å². The predicted octanol–water partition coefficient (Wildman–Crippen LogP) is 4.75. The molecule has 1 fully saturated rings. The number of anilines is 2. The number of aromatic nitrogens is 4. The van der Waals surface area contributed by atoms with Gasteiger partial charge in [0.05, 0.1) is 23.3 Å². The van der Waals surface area contributed by atoms with Gasteiger partial charge in [0.2, 0.25) is 11.5 Å². The first-order chi connectivity index (χ1) is 17.4. The SMILES string of the molecule is CN=C(Nc1cnc2nc(-c3cc(NC(=O)c4oc(C)nc4C)ccc3F)cn2c1)OC1CCCC1. The van der Waals surface area contributed by atoms with Crippen molar-refractivity contribution >= 4 is 29.1 Å². The molecule has 0 radical (unpaired) electrons. The van der Waals surface area contributed by atoms with E-state index in [1.807, 2.05) is 0 Å². The number of nitrogens with zero attached hydrogens (tertiary/aromatic N) is 5. The maximum Gasteiger partial charge on any atom is 0.293 e. The Hall–Kier alpha value is -4.28. The average Bonchev–Trinajstić information content (AvgIpc) is 3.59. The molecule has 0 atom stereocenters. The van der Waals surface area contributed by atoms with Gasteiger partial charge in [-0.15, -0.1) is 0 Å². The highest BCUT2D eigenvalue weighted by molar-refractivity contribution is 6.03. The first kappa shape index (κ1) is 23.5. The lowest BCUT2D eigenvalue weighted by Gasteiger charge is -2.15. The largest absolute Gasteiger partial charge is 0.462 e. The molecule has 4 aromatic rings. The van der Waals surface area contributed by atoms with Crippen LogP contribution < -0.4 is 10.6 Å². The van der Waals surface area contributed by atoms with Gasteiger partial charge in [-0.25, -0.2) is 24.3 Å². The van der Waals surface area contributed by atoms with Crippen molar-refractivity contribution in [3.8, 4) is 11.3 Å². The summed E-state index contributed by atoms with van der Waals surface area (Å²) in [5.74, 6) is -0.0462. The first-order valence-electron chi connectivity index (χ1n) is 11.7. The summed E-state index contributed by atoms with van der Waals surface area (Å²) < 4.78 is 27.7. The summed E-state index contributed by atoms with van der Waals surface area (Å²) in [4.78, 5) is 29.7. The molecule has 0 unspecified atom stereocenters. The number of halogens is 1. The molecule has 0 bridgehead atoms. The van der Waals surface area contributed by atoms with Crippen LogP contribution in [0.15, 0.2) is 46.2 Å². The lowest BCUT2D eigenvalue weighted by molar-refractivity contribution is 0.0994. The third-order valence-corrected chi connectivity index (χ3v) is 5.95. The number of benzene rings is 1. The van der Waals surface area contributed by atoms with Gasteiger partial charge in [0.25, 0.3) is 11.9 Å². The van der Waals surface area contributed by atoms with Crippen LogP contribution in [-0.2, 0) is 4.74 Å². The lowest BCUT2D eigenvalue weighted by Crippen LogP contribution is -2.22. The summed E-state index contributed by atoms with van der Waals surface area (Å²) in [6, 6.07) is 4.69. The molecule has 0 spiro atoms. The van der Waals surface area contributed by atoms with E-state index in [1.54, 1.807) is 43.9 Å². The zero-order valence-corrected chi connectivity index (χ0v) is 20.2. The predicted molar refractivity (Wildman–Crippen MR) is 133 cm³/mol. The minimum Gasteiger partial charge on any atom is -0.462 e. The quantitative estimate of drug-likeness (QED) is 0.305. The molecule has 10 nitrogen and oxygen atoms in total. The minimum atomic E-state index is -0.480. The molecule has 186 valence electrons. The number of aliphatic imine (C=N–C) groups is 1. The number of nitrogens with one attached hydrogen (secondary N) is 2. The molecule has 2 N–H and O–H groups in total. The second-order valence-electron chi connectivity index (χ2n) is 8.65. The Morgan fingerprint density at radius 1 is 1.17 bits per heavy atom. The highest BCUT2D eigenvalue weighted by Gasteiger charge is 2.19. The molecule has 0 aliphatic heterocycles. The van der Waals surface area contributed by atoms with Gasteiger partial charge in [-0.1, -0.05) is 0 Å². The minimum absolute atomic E-state index is 0.113. The molecule has 5 rings (SSSR count). The van der Waals surface area contributed by atoms with E-state index in [4.69, 9.17) is 9.15 Å². The molecule has 3 aromatic heterocycles. The van der Waals surface area contributed by atoms with Crippen LogP contribution in [0.4, 0.5) is 15.8 Å². The van der Waals surface area contributed by atoms with Crippen LogP contribution in [0, 0.1) is 19.7 Å². The third kappa shape index (κ3) is 4.90. The average molecular weight is 492 g/mol. The topological polar surface area (TPSA) is 119 Å². The Labute approximate surface area is 206 Å². The molecule has 3 heterocycles. The molecule has 11 heteroatoms. The van der Waals surface area contributed by atoms with Crippen molar-refractivity contribution in [2.24, 2.45) is 4.99 Å². The number of hydrogen-bond donors (Lipinski definition) is 2. The van der Waals surface area contributed by atoms with E-state index in [-0.39, 0.29) is 17.4 Å². The lowest BCUT2D eigenvalue weighted by atomic mass is 10.1. The number of carbonyl (C=O) groups excluding carboxylic acids is 1. The van der Waals surface area contributed by atoms with Gasteiger partial charge in [0.15, 0.2) is 5.89 Å². The number of hydrogen-bond acceptors (Lipinski definition) is 7. The van der Waals surface area contributed by atoms with Crippen LogP contribution in [0.2, 0.25) is 0 Å². The van der Waals surface area contributed by atoms with Crippen LogP contribution in [0.1, 0.15) is 47.8 Å². The van der Waals surface area contributed by atoms with Gasteiger partial charge in [-0.05, 0) is 50.8 Å². The second-order valence-corrected chi connectivity index (χ2v) is 8.65. The fraction of sp³-hybridized carbons (Fsp3) is 0.320. The van der Waals surface area contributed by atoms with Gasteiger partial charge in [0, 0.05) is 37.6 Å². The number of imidazole rings is 1. The Morgan fingerprint density at radius 3 is 2.69 bits per heavy atom. The van der Waals surface area contributed by atoms with Gasteiger partial charge in [-0.3, -0.25) is 9.20 Å². The zero-order chi connectivity index (χ0) is 25.2.